The molecule has 2 aromatic rings. The van der Waals surface area contributed by atoms with Crippen molar-refractivity contribution in [1.29, 1.82) is 0 Å². The van der Waals surface area contributed by atoms with Gasteiger partial charge in [0.25, 0.3) is 5.69 Å². The minimum absolute atomic E-state index is 0.140. The van der Waals surface area contributed by atoms with Crippen LogP contribution in [0, 0.1) is 15.9 Å². The van der Waals surface area contributed by atoms with Crippen LogP contribution >= 0.6 is 15.9 Å². The van der Waals surface area contributed by atoms with Crippen LogP contribution in [0.1, 0.15) is 5.56 Å². The summed E-state index contributed by atoms with van der Waals surface area (Å²) < 4.78 is 14.1. The average molecular weight is 409 g/mol. The minimum Gasteiger partial charge on any atom is -0.315 e. The maximum absolute atomic E-state index is 13.6. The molecule has 0 unspecified atom stereocenters. The second-order valence-electron chi connectivity index (χ2n) is 4.63. The van der Waals surface area contributed by atoms with E-state index in [0.29, 0.717) is 10.0 Å². The zero-order valence-corrected chi connectivity index (χ0v) is 14.0. The molecular weight excluding hydrogens is 399 g/mol. The number of rotatable bonds is 4. The van der Waals surface area contributed by atoms with E-state index in [2.05, 4.69) is 26.3 Å². The first kappa shape index (κ1) is 18.2. The third kappa shape index (κ3) is 5.18. The van der Waals surface area contributed by atoms with Gasteiger partial charge in [-0.25, -0.2) is 9.82 Å². The van der Waals surface area contributed by atoms with E-state index in [9.17, 15) is 24.1 Å². The predicted octanol–water partition coefficient (Wildman–Crippen LogP) is 2.59. The smallest absolute Gasteiger partial charge is 0.315 e. The van der Waals surface area contributed by atoms with Crippen LogP contribution in [-0.4, -0.2) is 23.0 Å². The molecule has 0 aliphatic heterocycles. The Bertz CT molecular complexity index is 872. The van der Waals surface area contributed by atoms with Crippen molar-refractivity contribution < 1.29 is 18.9 Å². The molecule has 0 radical (unpaired) electrons. The van der Waals surface area contributed by atoms with Crippen LogP contribution < -0.4 is 10.7 Å². The number of nitro groups is 1. The molecule has 0 aromatic heterocycles. The summed E-state index contributed by atoms with van der Waals surface area (Å²) in [4.78, 5) is 33.4. The summed E-state index contributed by atoms with van der Waals surface area (Å²) in [6.45, 7) is 0. The number of amides is 2. The van der Waals surface area contributed by atoms with Crippen LogP contribution in [0.25, 0.3) is 0 Å². The highest BCUT2D eigenvalue weighted by molar-refractivity contribution is 9.10. The van der Waals surface area contributed by atoms with E-state index in [0.717, 1.165) is 12.3 Å². The summed E-state index contributed by atoms with van der Waals surface area (Å²) in [5.41, 5.74) is 2.00. The Hall–Kier alpha value is -3.14. The number of hydrazone groups is 1. The first-order chi connectivity index (χ1) is 11.9. The topological polar surface area (TPSA) is 114 Å². The number of non-ortho nitro benzene ring substituents is 1. The fourth-order valence-electron chi connectivity index (χ4n) is 1.70. The summed E-state index contributed by atoms with van der Waals surface area (Å²) in [7, 11) is 0. The van der Waals surface area contributed by atoms with Gasteiger partial charge < -0.3 is 5.32 Å². The van der Waals surface area contributed by atoms with Crippen molar-refractivity contribution in [1.82, 2.24) is 5.43 Å². The van der Waals surface area contributed by atoms with E-state index in [4.69, 9.17) is 0 Å². The van der Waals surface area contributed by atoms with Crippen LogP contribution in [0.4, 0.5) is 15.8 Å². The zero-order chi connectivity index (χ0) is 18.4. The monoisotopic (exact) mass is 408 g/mol. The molecule has 0 aliphatic carbocycles. The van der Waals surface area contributed by atoms with Crippen molar-refractivity contribution in [3.63, 3.8) is 0 Å². The van der Waals surface area contributed by atoms with E-state index in [1.165, 1.54) is 36.4 Å². The molecule has 0 saturated heterocycles. The summed E-state index contributed by atoms with van der Waals surface area (Å²) in [6.07, 6.45) is 1.14. The maximum Gasteiger partial charge on any atom is 0.329 e. The minimum atomic E-state index is -1.12. The molecule has 0 saturated carbocycles. The average Bonchev–Trinajstić information content (AvgIpc) is 2.57. The second kappa shape index (κ2) is 8.11. The van der Waals surface area contributed by atoms with E-state index < -0.39 is 22.6 Å². The molecular formula is C15H10BrFN4O4. The Labute approximate surface area is 149 Å². The largest absolute Gasteiger partial charge is 0.329 e. The predicted molar refractivity (Wildman–Crippen MR) is 91.6 cm³/mol. The van der Waals surface area contributed by atoms with Crippen molar-refractivity contribution in [3.8, 4) is 0 Å². The highest BCUT2D eigenvalue weighted by atomic mass is 79.9. The summed E-state index contributed by atoms with van der Waals surface area (Å²) in [6, 6.07) is 9.44. The fourth-order valence-corrected chi connectivity index (χ4v) is 2.04. The van der Waals surface area contributed by atoms with Gasteiger partial charge in [0.15, 0.2) is 0 Å². The van der Waals surface area contributed by atoms with Crippen molar-refractivity contribution in [2.75, 3.05) is 5.32 Å². The van der Waals surface area contributed by atoms with Crippen LogP contribution in [0.5, 0.6) is 0 Å². The molecule has 8 nitrogen and oxygen atoms in total. The molecule has 0 atom stereocenters. The summed E-state index contributed by atoms with van der Waals surface area (Å²) in [5.74, 6) is -2.95. The molecule has 2 rings (SSSR count). The highest BCUT2D eigenvalue weighted by Crippen LogP contribution is 2.19. The normalized spacial score (nSPS) is 10.5. The Morgan fingerprint density at radius 1 is 1.20 bits per heavy atom. The molecule has 2 aromatic carbocycles. The third-order valence-corrected chi connectivity index (χ3v) is 3.34. The lowest BCUT2D eigenvalue weighted by Crippen LogP contribution is -2.32. The summed E-state index contributed by atoms with van der Waals surface area (Å²) >= 11 is 3.07. The number of hydrogen-bond acceptors (Lipinski definition) is 5. The molecule has 2 amide bonds. The molecule has 0 aliphatic rings. The number of nitrogens with zero attached hydrogens (tertiary/aromatic N) is 2. The van der Waals surface area contributed by atoms with Gasteiger partial charge in [-0.2, -0.15) is 5.10 Å². The van der Waals surface area contributed by atoms with Crippen molar-refractivity contribution in [3.05, 3.63) is 68.4 Å². The Balaban J connectivity index is 1.96. The molecule has 10 heteroatoms. The highest BCUT2D eigenvalue weighted by Gasteiger charge is 2.15. The van der Waals surface area contributed by atoms with Gasteiger partial charge in [-0.1, -0.05) is 28.1 Å². The van der Waals surface area contributed by atoms with Crippen LogP contribution in [0.2, 0.25) is 0 Å². The van der Waals surface area contributed by atoms with E-state index >= 15 is 0 Å². The summed E-state index contributed by atoms with van der Waals surface area (Å²) in [5, 5.41) is 16.3. The molecule has 25 heavy (non-hydrogen) atoms. The lowest BCUT2D eigenvalue weighted by atomic mass is 10.2. The van der Waals surface area contributed by atoms with Gasteiger partial charge >= 0.3 is 11.8 Å². The van der Waals surface area contributed by atoms with Gasteiger partial charge in [-0.3, -0.25) is 19.7 Å². The Morgan fingerprint density at radius 2 is 1.96 bits per heavy atom. The zero-order valence-electron chi connectivity index (χ0n) is 12.4. The number of benzene rings is 2. The quantitative estimate of drug-likeness (QED) is 0.350. The number of nitro benzene ring substituents is 1. The number of hydrogen-bond donors (Lipinski definition) is 2. The first-order valence-electron chi connectivity index (χ1n) is 6.70. The number of nitrogens with one attached hydrogen (secondary N) is 2. The van der Waals surface area contributed by atoms with Crippen molar-refractivity contribution in [2.24, 2.45) is 5.10 Å². The number of anilines is 1. The molecule has 128 valence electrons. The van der Waals surface area contributed by atoms with E-state index in [1.54, 1.807) is 0 Å². The van der Waals surface area contributed by atoms with Crippen LogP contribution in [0.3, 0.4) is 0 Å². The van der Waals surface area contributed by atoms with Crippen molar-refractivity contribution in [2.45, 2.75) is 0 Å². The van der Waals surface area contributed by atoms with Gasteiger partial charge in [-0.05, 0) is 18.2 Å². The van der Waals surface area contributed by atoms with Gasteiger partial charge in [0.05, 0.1) is 16.8 Å². The number of halogens is 2. The Morgan fingerprint density at radius 3 is 2.64 bits per heavy atom. The number of carbonyl (C=O) groups excluding carboxylic acids is 2. The molecule has 2 N–H and O–H groups in total. The van der Waals surface area contributed by atoms with Gasteiger partial charge in [0, 0.05) is 22.2 Å². The lowest BCUT2D eigenvalue weighted by molar-refractivity contribution is -0.384. The van der Waals surface area contributed by atoms with Gasteiger partial charge in [-0.15, -0.1) is 0 Å². The van der Waals surface area contributed by atoms with E-state index in [-0.39, 0.29) is 11.4 Å². The van der Waals surface area contributed by atoms with Gasteiger partial charge in [0.1, 0.15) is 5.82 Å². The molecule has 0 spiro atoms. The van der Waals surface area contributed by atoms with Crippen molar-refractivity contribution >= 4 is 45.3 Å². The third-order valence-electron chi connectivity index (χ3n) is 2.85. The SMILES string of the molecule is O=C(NN=Cc1cccc([N+](=O)[O-])c1)C(=O)Nc1ccc(Br)cc1F. The van der Waals surface area contributed by atoms with Crippen LogP contribution in [0.15, 0.2) is 52.0 Å². The fraction of sp³-hybridized carbons (Fsp3) is 0. The first-order valence-corrected chi connectivity index (χ1v) is 7.50. The molecule has 0 heterocycles. The van der Waals surface area contributed by atoms with Crippen LogP contribution in [-0.2, 0) is 9.59 Å². The van der Waals surface area contributed by atoms with Gasteiger partial charge in [0.2, 0.25) is 0 Å². The molecule has 0 bridgehead atoms. The Kier molecular flexibility index (Phi) is 5.90. The standard InChI is InChI=1S/C15H10BrFN4O4/c16-10-4-5-13(12(17)7-10)19-14(22)15(23)20-18-8-9-2-1-3-11(6-9)21(24)25/h1-8H,(H,19,22)(H,20,23). The number of carbonyl (C=O) groups is 2. The molecule has 0 fully saturated rings. The lowest BCUT2D eigenvalue weighted by Gasteiger charge is -2.05. The second-order valence-corrected chi connectivity index (χ2v) is 5.55. The van der Waals surface area contributed by atoms with E-state index in [1.807, 2.05) is 5.43 Å². The maximum atomic E-state index is 13.6.